The highest BCUT2D eigenvalue weighted by Crippen LogP contribution is 2.38. The summed E-state index contributed by atoms with van der Waals surface area (Å²) < 4.78 is 0. The average molecular weight is 182 g/mol. The Hall–Kier alpha value is -0.0800. The maximum atomic E-state index is 3.43. The van der Waals surface area contributed by atoms with E-state index < -0.39 is 0 Å². The summed E-state index contributed by atoms with van der Waals surface area (Å²) >= 11 is 0. The zero-order valence-corrected chi connectivity index (χ0v) is 8.92. The highest BCUT2D eigenvalue weighted by molar-refractivity contribution is 4.85. The second-order valence-electron chi connectivity index (χ2n) is 5.05. The summed E-state index contributed by atoms with van der Waals surface area (Å²) in [5.41, 5.74) is 0. The molecule has 0 aromatic rings. The minimum Gasteiger partial charge on any atom is -0.316 e. The monoisotopic (exact) mass is 182 g/mol. The van der Waals surface area contributed by atoms with Gasteiger partial charge in [-0.3, -0.25) is 0 Å². The van der Waals surface area contributed by atoms with E-state index in [-0.39, 0.29) is 0 Å². The molecular weight excluding hydrogens is 160 g/mol. The number of hydrogen-bond donors (Lipinski definition) is 1. The van der Waals surface area contributed by atoms with Gasteiger partial charge in [0.25, 0.3) is 0 Å². The van der Waals surface area contributed by atoms with Gasteiger partial charge in [-0.05, 0) is 50.7 Å². The van der Waals surface area contributed by atoms with Crippen molar-refractivity contribution in [1.82, 2.24) is 10.2 Å². The summed E-state index contributed by atoms with van der Waals surface area (Å²) in [6.45, 7) is 7.48. The van der Waals surface area contributed by atoms with E-state index in [1.54, 1.807) is 0 Å². The average Bonchev–Trinajstić information content (AvgIpc) is 2.61. The van der Waals surface area contributed by atoms with Crippen LogP contribution in [0.5, 0.6) is 0 Å². The van der Waals surface area contributed by atoms with Gasteiger partial charge < -0.3 is 10.2 Å². The molecule has 76 valence electrons. The minimum absolute atomic E-state index is 0.916. The predicted molar refractivity (Wildman–Crippen MR) is 55.7 cm³/mol. The molecule has 13 heavy (non-hydrogen) atoms. The van der Waals surface area contributed by atoms with Crippen molar-refractivity contribution in [2.45, 2.75) is 19.8 Å². The molecule has 1 saturated carbocycles. The Balaban J connectivity index is 1.62. The molecule has 1 aliphatic heterocycles. The summed E-state index contributed by atoms with van der Waals surface area (Å²) in [7, 11) is 2.28. The van der Waals surface area contributed by atoms with Gasteiger partial charge in [0, 0.05) is 13.1 Å². The lowest BCUT2D eigenvalue weighted by atomic mass is 10.1. The summed E-state index contributed by atoms with van der Waals surface area (Å²) in [6.07, 6.45) is 2.85. The van der Waals surface area contributed by atoms with Crippen LogP contribution in [0.2, 0.25) is 0 Å². The normalized spacial score (nSPS) is 38.5. The fourth-order valence-electron chi connectivity index (χ4n) is 2.44. The van der Waals surface area contributed by atoms with E-state index in [2.05, 4.69) is 24.2 Å². The Morgan fingerprint density at radius 2 is 2.15 bits per heavy atom. The van der Waals surface area contributed by atoms with Crippen molar-refractivity contribution in [1.29, 1.82) is 0 Å². The van der Waals surface area contributed by atoms with E-state index in [9.17, 15) is 0 Å². The van der Waals surface area contributed by atoms with E-state index in [1.807, 2.05) is 0 Å². The molecule has 2 heteroatoms. The Bertz CT molecular complexity index is 163. The van der Waals surface area contributed by atoms with Gasteiger partial charge in [0.15, 0.2) is 0 Å². The van der Waals surface area contributed by atoms with Crippen molar-refractivity contribution in [2.24, 2.45) is 17.8 Å². The Labute approximate surface area is 81.7 Å². The van der Waals surface area contributed by atoms with E-state index in [0.29, 0.717) is 0 Å². The third-order valence-corrected chi connectivity index (χ3v) is 3.55. The van der Waals surface area contributed by atoms with Gasteiger partial charge in [-0.25, -0.2) is 0 Å². The quantitative estimate of drug-likeness (QED) is 0.702. The highest BCUT2D eigenvalue weighted by atomic mass is 15.1. The Morgan fingerprint density at radius 1 is 1.38 bits per heavy atom. The lowest BCUT2D eigenvalue weighted by Crippen LogP contribution is -2.28. The van der Waals surface area contributed by atoms with E-state index in [1.165, 1.54) is 39.0 Å². The van der Waals surface area contributed by atoms with Gasteiger partial charge in [-0.2, -0.15) is 0 Å². The first-order valence-corrected chi connectivity index (χ1v) is 5.65. The minimum atomic E-state index is 0.916. The SMILES string of the molecule is CC1CC1CN(C)CC1CCNC1. The lowest BCUT2D eigenvalue weighted by Gasteiger charge is -2.20. The molecule has 3 unspecified atom stereocenters. The third-order valence-electron chi connectivity index (χ3n) is 3.55. The first-order valence-electron chi connectivity index (χ1n) is 5.65. The number of hydrogen-bond acceptors (Lipinski definition) is 2. The van der Waals surface area contributed by atoms with Crippen LogP contribution in [0.1, 0.15) is 19.8 Å². The molecule has 2 aliphatic rings. The fourth-order valence-corrected chi connectivity index (χ4v) is 2.44. The van der Waals surface area contributed by atoms with Crippen molar-refractivity contribution in [2.75, 3.05) is 33.2 Å². The van der Waals surface area contributed by atoms with E-state index in [0.717, 1.165) is 17.8 Å². The zero-order valence-electron chi connectivity index (χ0n) is 8.92. The van der Waals surface area contributed by atoms with Gasteiger partial charge in [-0.1, -0.05) is 6.92 Å². The molecule has 1 aliphatic carbocycles. The van der Waals surface area contributed by atoms with Gasteiger partial charge in [0.2, 0.25) is 0 Å². The topological polar surface area (TPSA) is 15.3 Å². The maximum absolute atomic E-state index is 3.43. The van der Waals surface area contributed by atoms with Crippen LogP contribution >= 0.6 is 0 Å². The molecule has 0 radical (unpaired) electrons. The molecule has 0 spiro atoms. The van der Waals surface area contributed by atoms with Crippen LogP contribution in [0.3, 0.4) is 0 Å². The second kappa shape index (κ2) is 3.97. The summed E-state index contributed by atoms with van der Waals surface area (Å²) in [6, 6.07) is 0. The molecule has 2 nitrogen and oxygen atoms in total. The first-order chi connectivity index (χ1) is 6.25. The van der Waals surface area contributed by atoms with Crippen molar-refractivity contribution < 1.29 is 0 Å². The number of nitrogens with zero attached hydrogens (tertiary/aromatic N) is 1. The van der Waals surface area contributed by atoms with E-state index >= 15 is 0 Å². The molecule has 1 N–H and O–H groups in total. The zero-order chi connectivity index (χ0) is 9.26. The molecule has 0 aromatic heterocycles. The van der Waals surface area contributed by atoms with Crippen LogP contribution in [0.15, 0.2) is 0 Å². The molecular formula is C11H22N2. The molecule has 0 aromatic carbocycles. The lowest BCUT2D eigenvalue weighted by molar-refractivity contribution is 0.271. The van der Waals surface area contributed by atoms with Crippen molar-refractivity contribution in [3.8, 4) is 0 Å². The second-order valence-corrected chi connectivity index (χ2v) is 5.05. The van der Waals surface area contributed by atoms with Gasteiger partial charge >= 0.3 is 0 Å². The highest BCUT2D eigenvalue weighted by Gasteiger charge is 2.33. The molecule has 0 bridgehead atoms. The molecule has 2 rings (SSSR count). The maximum Gasteiger partial charge on any atom is 0.00193 e. The van der Waals surface area contributed by atoms with Crippen molar-refractivity contribution in [3.63, 3.8) is 0 Å². The van der Waals surface area contributed by atoms with Crippen molar-refractivity contribution in [3.05, 3.63) is 0 Å². The Kier molecular flexibility index (Phi) is 2.89. The van der Waals surface area contributed by atoms with Crippen LogP contribution in [-0.4, -0.2) is 38.1 Å². The third kappa shape index (κ3) is 2.68. The van der Waals surface area contributed by atoms with Crippen LogP contribution < -0.4 is 5.32 Å². The molecule has 1 heterocycles. The molecule has 0 amide bonds. The summed E-state index contributed by atoms with van der Waals surface area (Å²) in [4.78, 5) is 2.53. The van der Waals surface area contributed by atoms with Crippen molar-refractivity contribution >= 4 is 0 Å². The largest absolute Gasteiger partial charge is 0.316 e. The first kappa shape index (κ1) is 9.47. The summed E-state index contributed by atoms with van der Waals surface area (Å²) in [5.74, 6) is 2.93. The van der Waals surface area contributed by atoms with Gasteiger partial charge in [-0.15, -0.1) is 0 Å². The van der Waals surface area contributed by atoms with Gasteiger partial charge in [0.1, 0.15) is 0 Å². The fraction of sp³-hybridized carbons (Fsp3) is 1.00. The molecule has 1 saturated heterocycles. The number of nitrogens with one attached hydrogen (secondary N) is 1. The van der Waals surface area contributed by atoms with Crippen LogP contribution in [-0.2, 0) is 0 Å². The van der Waals surface area contributed by atoms with Crippen LogP contribution in [0.25, 0.3) is 0 Å². The van der Waals surface area contributed by atoms with E-state index in [4.69, 9.17) is 0 Å². The standard InChI is InChI=1S/C11H22N2/c1-9-5-11(9)8-13(2)7-10-3-4-12-6-10/h9-12H,3-8H2,1-2H3. The van der Waals surface area contributed by atoms with Gasteiger partial charge in [0.05, 0.1) is 0 Å². The van der Waals surface area contributed by atoms with Crippen LogP contribution in [0, 0.1) is 17.8 Å². The Morgan fingerprint density at radius 3 is 2.69 bits per heavy atom. The number of rotatable bonds is 4. The van der Waals surface area contributed by atoms with Crippen LogP contribution in [0.4, 0.5) is 0 Å². The summed E-state index contributed by atoms with van der Waals surface area (Å²) in [5, 5.41) is 3.43. The molecule has 3 atom stereocenters. The molecule has 2 fully saturated rings. The predicted octanol–water partition coefficient (Wildman–Crippen LogP) is 1.18. The smallest absolute Gasteiger partial charge is 0.00193 e.